The number of aryl methyl sites for hydroxylation is 1. The molecular formula is C13H19N3O2S. The van der Waals surface area contributed by atoms with Crippen LogP contribution in [0.5, 0.6) is 0 Å². The molecule has 1 aliphatic rings. The van der Waals surface area contributed by atoms with Gasteiger partial charge in [0.15, 0.2) is 5.13 Å². The Morgan fingerprint density at radius 1 is 1.53 bits per heavy atom. The molecule has 1 aromatic rings. The van der Waals surface area contributed by atoms with Crippen molar-refractivity contribution < 1.29 is 9.59 Å². The molecule has 19 heavy (non-hydrogen) atoms. The van der Waals surface area contributed by atoms with E-state index in [9.17, 15) is 9.59 Å². The fourth-order valence-electron chi connectivity index (χ4n) is 2.31. The Morgan fingerprint density at radius 2 is 2.32 bits per heavy atom. The van der Waals surface area contributed by atoms with Crippen molar-refractivity contribution in [3.05, 3.63) is 11.1 Å². The summed E-state index contributed by atoms with van der Waals surface area (Å²) in [5.74, 6) is -0.0639. The van der Waals surface area contributed by atoms with E-state index >= 15 is 0 Å². The largest absolute Gasteiger partial charge is 0.331 e. The summed E-state index contributed by atoms with van der Waals surface area (Å²) in [7, 11) is 0. The Bertz CT molecular complexity index is 472. The number of thiazole rings is 1. The zero-order valence-electron chi connectivity index (χ0n) is 11.3. The number of carbonyl (C=O) groups is 2. The first-order valence-electron chi connectivity index (χ1n) is 6.64. The summed E-state index contributed by atoms with van der Waals surface area (Å²) in [4.78, 5) is 30.1. The zero-order chi connectivity index (χ0) is 13.8. The lowest BCUT2D eigenvalue weighted by molar-refractivity contribution is -0.140. The third-order valence-electron chi connectivity index (χ3n) is 3.28. The van der Waals surface area contributed by atoms with Crippen LogP contribution in [0.3, 0.4) is 0 Å². The number of amides is 2. The molecule has 1 aliphatic heterocycles. The van der Waals surface area contributed by atoms with E-state index in [0.717, 1.165) is 25.0 Å². The Kier molecular flexibility index (Phi) is 4.52. The first-order chi connectivity index (χ1) is 9.11. The van der Waals surface area contributed by atoms with Gasteiger partial charge in [-0.15, -0.1) is 11.3 Å². The maximum absolute atomic E-state index is 12.3. The smallest absolute Gasteiger partial charge is 0.248 e. The van der Waals surface area contributed by atoms with Crippen LogP contribution in [-0.4, -0.2) is 34.3 Å². The summed E-state index contributed by atoms with van der Waals surface area (Å²) in [6.45, 7) is 4.40. The number of rotatable bonds is 3. The first-order valence-corrected chi connectivity index (χ1v) is 7.52. The maximum atomic E-state index is 12.3. The van der Waals surface area contributed by atoms with Gasteiger partial charge in [-0.25, -0.2) is 4.98 Å². The minimum absolute atomic E-state index is 0.0511. The molecule has 2 rings (SSSR count). The zero-order valence-corrected chi connectivity index (χ0v) is 12.1. The van der Waals surface area contributed by atoms with Crippen molar-refractivity contribution in [3.63, 3.8) is 0 Å². The van der Waals surface area contributed by atoms with E-state index in [1.165, 1.54) is 11.3 Å². The van der Waals surface area contributed by atoms with Crippen molar-refractivity contribution in [1.29, 1.82) is 0 Å². The summed E-state index contributed by atoms with van der Waals surface area (Å²) in [5.41, 5.74) is 0.894. The maximum Gasteiger partial charge on any atom is 0.248 e. The van der Waals surface area contributed by atoms with Crippen molar-refractivity contribution in [2.24, 2.45) is 0 Å². The normalized spacial score (nSPS) is 19.3. The molecule has 2 amide bonds. The van der Waals surface area contributed by atoms with Gasteiger partial charge in [0.05, 0.1) is 5.69 Å². The number of anilines is 1. The number of carbonyl (C=O) groups excluding carboxylic acids is 2. The molecule has 1 N–H and O–H groups in total. The second-order valence-corrected chi connectivity index (χ2v) is 5.59. The Morgan fingerprint density at radius 3 is 2.95 bits per heavy atom. The van der Waals surface area contributed by atoms with Gasteiger partial charge in [-0.05, 0) is 26.2 Å². The van der Waals surface area contributed by atoms with Crippen LogP contribution in [0.15, 0.2) is 5.38 Å². The Labute approximate surface area is 117 Å². The Balaban J connectivity index is 2.05. The molecule has 2 heterocycles. The Hall–Kier alpha value is -1.43. The topological polar surface area (TPSA) is 62.3 Å². The molecule has 0 radical (unpaired) electrons. The van der Waals surface area contributed by atoms with E-state index in [-0.39, 0.29) is 17.9 Å². The highest BCUT2D eigenvalue weighted by molar-refractivity contribution is 7.13. The number of nitrogens with one attached hydrogen (secondary N) is 1. The minimum Gasteiger partial charge on any atom is -0.331 e. The molecule has 1 atom stereocenters. The van der Waals surface area contributed by atoms with E-state index < -0.39 is 0 Å². The summed E-state index contributed by atoms with van der Waals surface area (Å²) < 4.78 is 0. The second kappa shape index (κ2) is 6.14. The molecule has 1 unspecified atom stereocenters. The molecule has 6 heteroatoms. The molecular weight excluding hydrogens is 262 g/mol. The highest BCUT2D eigenvalue weighted by atomic mass is 32.1. The van der Waals surface area contributed by atoms with E-state index in [4.69, 9.17) is 0 Å². The number of hydrogen-bond donors (Lipinski definition) is 1. The lowest BCUT2D eigenvalue weighted by Crippen LogP contribution is -2.49. The van der Waals surface area contributed by atoms with Crippen LogP contribution in [-0.2, 0) is 9.59 Å². The highest BCUT2D eigenvalue weighted by Gasteiger charge is 2.31. The van der Waals surface area contributed by atoms with Gasteiger partial charge in [-0.2, -0.15) is 0 Å². The lowest BCUT2D eigenvalue weighted by Gasteiger charge is -2.34. The monoisotopic (exact) mass is 281 g/mol. The van der Waals surface area contributed by atoms with Gasteiger partial charge in [0.2, 0.25) is 11.8 Å². The molecule has 104 valence electrons. The molecule has 0 bridgehead atoms. The predicted octanol–water partition coefficient (Wildman–Crippen LogP) is 2.18. The number of aromatic nitrogens is 1. The third kappa shape index (κ3) is 3.32. The summed E-state index contributed by atoms with van der Waals surface area (Å²) in [6.07, 6.45) is 3.15. The SMILES string of the molecule is CCC(=O)N1CCCCC1C(=O)Nc1nc(C)cs1. The molecule has 1 aromatic heterocycles. The van der Waals surface area contributed by atoms with Gasteiger partial charge in [0.1, 0.15) is 6.04 Å². The third-order valence-corrected chi connectivity index (χ3v) is 4.15. The van der Waals surface area contributed by atoms with Crippen LogP contribution in [0.25, 0.3) is 0 Å². The van der Waals surface area contributed by atoms with E-state index in [0.29, 0.717) is 18.1 Å². The van der Waals surface area contributed by atoms with Crippen LogP contribution in [0.1, 0.15) is 38.3 Å². The van der Waals surface area contributed by atoms with Crippen molar-refractivity contribution in [3.8, 4) is 0 Å². The quantitative estimate of drug-likeness (QED) is 0.923. The lowest BCUT2D eigenvalue weighted by atomic mass is 10.0. The number of hydrogen-bond acceptors (Lipinski definition) is 4. The van der Waals surface area contributed by atoms with Gasteiger partial charge in [0, 0.05) is 18.3 Å². The average molecular weight is 281 g/mol. The van der Waals surface area contributed by atoms with Crippen LogP contribution in [0, 0.1) is 6.92 Å². The molecule has 1 fully saturated rings. The van der Waals surface area contributed by atoms with Crippen molar-refractivity contribution in [2.75, 3.05) is 11.9 Å². The summed E-state index contributed by atoms with van der Waals surface area (Å²) in [6, 6.07) is -0.342. The van der Waals surface area contributed by atoms with Crippen molar-refractivity contribution in [2.45, 2.75) is 45.6 Å². The van der Waals surface area contributed by atoms with E-state index in [2.05, 4.69) is 10.3 Å². The van der Waals surface area contributed by atoms with Crippen LogP contribution < -0.4 is 5.32 Å². The van der Waals surface area contributed by atoms with Crippen LogP contribution >= 0.6 is 11.3 Å². The molecule has 0 spiro atoms. The van der Waals surface area contributed by atoms with Crippen LogP contribution in [0.2, 0.25) is 0 Å². The van der Waals surface area contributed by atoms with E-state index in [1.54, 1.807) is 4.90 Å². The number of piperidine rings is 1. The van der Waals surface area contributed by atoms with Gasteiger partial charge >= 0.3 is 0 Å². The van der Waals surface area contributed by atoms with Gasteiger partial charge in [0.25, 0.3) is 0 Å². The minimum atomic E-state index is -0.342. The number of nitrogens with zero attached hydrogens (tertiary/aromatic N) is 2. The molecule has 0 aromatic carbocycles. The molecule has 1 saturated heterocycles. The predicted molar refractivity (Wildman–Crippen MR) is 75.1 cm³/mol. The first kappa shape index (κ1) is 14.0. The van der Waals surface area contributed by atoms with Crippen molar-refractivity contribution >= 4 is 28.3 Å². The van der Waals surface area contributed by atoms with Gasteiger partial charge < -0.3 is 10.2 Å². The average Bonchev–Trinajstić information content (AvgIpc) is 2.83. The van der Waals surface area contributed by atoms with Crippen LogP contribution in [0.4, 0.5) is 5.13 Å². The number of likely N-dealkylation sites (tertiary alicyclic amines) is 1. The fraction of sp³-hybridized carbons (Fsp3) is 0.615. The van der Waals surface area contributed by atoms with Gasteiger partial charge in [-0.1, -0.05) is 6.92 Å². The molecule has 5 nitrogen and oxygen atoms in total. The molecule has 0 aliphatic carbocycles. The van der Waals surface area contributed by atoms with E-state index in [1.807, 2.05) is 19.2 Å². The standard InChI is InChI=1S/C13H19N3O2S/c1-3-11(17)16-7-5-4-6-10(16)12(18)15-13-14-9(2)8-19-13/h8,10H,3-7H2,1-2H3,(H,14,15,18). The summed E-state index contributed by atoms with van der Waals surface area (Å²) in [5, 5.41) is 5.32. The second-order valence-electron chi connectivity index (χ2n) is 4.74. The fourth-order valence-corrected chi connectivity index (χ4v) is 3.00. The highest BCUT2D eigenvalue weighted by Crippen LogP contribution is 2.21. The van der Waals surface area contributed by atoms with Crippen molar-refractivity contribution in [1.82, 2.24) is 9.88 Å². The molecule has 0 saturated carbocycles. The summed E-state index contributed by atoms with van der Waals surface area (Å²) >= 11 is 1.41. The van der Waals surface area contributed by atoms with Gasteiger partial charge in [-0.3, -0.25) is 9.59 Å².